The number of allylic oxidation sites excluding steroid dienone is 3. The Bertz CT molecular complexity index is 72.5. The van der Waals surface area contributed by atoms with Crippen LogP contribution in [0.15, 0.2) is 24.6 Å². The lowest BCUT2D eigenvalue weighted by Crippen LogP contribution is -1.51. The van der Waals surface area contributed by atoms with Crippen molar-refractivity contribution in [1.29, 1.82) is 0 Å². The predicted octanol–water partition coefficient (Wildman–Crippen LogP) is 3.07. The van der Waals surface area contributed by atoms with Gasteiger partial charge in [0.25, 0.3) is 0 Å². The van der Waals surface area contributed by atoms with Crippen molar-refractivity contribution in [2.45, 2.75) is 20.8 Å². The molecule has 0 radical (unpaired) electrons. The maximum Gasteiger partial charge on any atom is 0.115 e. The van der Waals surface area contributed by atoms with Gasteiger partial charge in [0.1, 0.15) is 5.83 Å². The van der Waals surface area contributed by atoms with Crippen LogP contribution in [0.5, 0.6) is 0 Å². The molecule has 0 atom stereocenters. The number of rotatable bonds is 1. The second-order valence-corrected chi connectivity index (χ2v) is 0.947. The molecule has 0 saturated carbocycles. The van der Waals surface area contributed by atoms with E-state index < -0.39 is 5.83 Å². The topological polar surface area (TPSA) is 0 Å². The van der Waals surface area contributed by atoms with Crippen LogP contribution < -0.4 is 0 Å². The van der Waals surface area contributed by atoms with E-state index in [-0.39, 0.29) is 0 Å². The Morgan fingerprint density at radius 3 is 1.88 bits per heavy atom. The Kier molecular flexibility index (Phi) is 12.5. The third-order valence-corrected chi connectivity index (χ3v) is 0.348. The van der Waals surface area contributed by atoms with Gasteiger partial charge in [0.05, 0.1) is 0 Å². The van der Waals surface area contributed by atoms with Gasteiger partial charge in [0.15, 0.2) is 0 Å². The molecule has 0 amide bonds. The minimum Gasteiger partial charge on any atom is -0.208 e. The number of hydrogen-bond donors (Lipinski definition) is 0. The third-order valence-electron chi connectivity index (χ3n) is 0.348. The monoisotopic (exact) mass is 116 g/mol. The molecule has 0 saturated heterocycles. The van der Waals surface area contributed by atoms with Gasteiger partial charge in [-0.3, -0.25) is 0 Å². The van der Waals surface area contributed by atoms with E-state index in [0.717, 1.165) is 0 Å². The lowest BCUT2D eigenvalue weighted by Gasteiger charge is -1.70. The first kappa shape index (κ1) is 10.4. The van der Waals surface area contributed by atoms with Crippen molar-refractivity contribution in [3.63, 3.8) is 0 Å². The minimum absolute atomic E-state index is 0.391. The van der Waals surface area contributed by atoms with E-state index in [0.29, 0.717) is 0 Å². The lowest BCUT2D eigenvalue weighted by atomic mass is 10.5. The standard InChI is InChI=1S/C5H7F.C2H6/c1-3-4-5(2)6;1-2/h3-4H,2H2,1H3;1-2H3/b4-3-;. The van der Waals surface area contributed by atoms with Gasteiger partial charge in [-0.2, -0.15) is 0 Å². The summed E-state index contributed by atoms with van der Waals surface area (Å²) >= 11 is 0. The fourth-order valence-electron chi connectivity index (χ4n) is 0.181. The van der Waals surface area contributed by atoms with Crippen molar-refractivity contribution < 1.29 is 4.39 Å². The summed E-state index contributed by atoms with van der Waals surface area (Å²) in [6, 6.07) is 0. The first-order valence-corrected chi connectivity index (χ1v) is 2.74. The first-order chi connectivity index (χ1) is 3.77. The van der Waals surface area contributed by atoms with Crippen molar-refractivity contribution in [1.82, 2.24) is 0 Å². The summed E-state index contributed by atoms with van der Waals surface area (Å²) in [6.07, 6.45) is 2.91. The normalized spacial score (nSPS) is 8.00. The van der Waals surface area contributed by atoms with Crippen molar-refractivity contribution >= 4 is 0 Å². The van der Waals surface area contributed by atoms with Crippen LogP contribution >= 0.6 is 0 Å². The summed E-state index contributed by atoms with van der Waals surface area (Å²) in [7, 11) is 0. The molecule has 0 aromatic carbocycles. The number of hydrogen-bond acceptors (Lipinski definition) is 0. The maximum atomic E-state index is 11.4. The Hall–Kier alpha value is -0.590. The molecule has 0 heterocycles. The van der Waals surface area contributed by atoms with Crippen LogP contribution in [-0.4, -0.2) is 0 Å². The average molecular weight is 116 g/mol. The molecule has 0 nitrogen and oxygen atoms in total. The minimum atomic E-state index is -0.391. The van der Waals surface area contributed by atoms with Gasteiger partial charge in [-0.25, -0.2) is 4.39 Å². The smallest absolute Gasteiger partial charge is 0.115 e. The summed E-state index contributed by atoms with van der Waals surface area (Å²) in [5.41, 5.74) is 0. The lowest BCUT2D eigenvalue weighted by molar-refractivity contribution is 0.671. The van der Waals surface area contributed by atoms with Crippen LogP contribution in [0.3, 0.4) is 0 Å². The summed E-state index contributed by atoms with van der Waals surface area (Å²) in [4.78, 5) is 0. The summed E-state index contributed by atoms with van der Waals surface area (Å²) in [5.74, 6) is -0.391. The van der Waals surface area contributed by atoms with Gasteiger partial charge in [-0.15, -0.1) is 0 Å². The fourth-order valence-corrected chi connectivity index (χ4v) is 0.181. The maximum absolute atomic E-state index is 11.4. The average Bonchev–Trinajstić information content (AvgIpc) is 1.72. The van der Waals surface area contributed by atoms with Crippen molar-refractivity contribution in [2.24, 2.45) is 0 Å². The summed E-state index contributed by atoms with van der Waals surface area (Å²) in [6.45, 7) is 8.73. The largest absolute Gasteiger partial charge is 0.208 e. The highest BCUT2D eigenvalue weighted by molar-refractivity contribution is 5.03. The molecular formula is C7H13F. The zero-order chi connectivity index (χ0) is 6.99. The SMILES string of the molecule is C=C(F)/C=C\C.CC. The van der Waals surface area contributed by atoms with Gasteiger partial charge in [0.2, 0.25) is 0 Å². The van der Waals surface area contributed by atoms with Crippen LogP contribution in [0.25, 0.3) is 0 Å². The quantitative estimate of drug-likeness (QED) is 0.462. The van der Waals surface area contributed by atoms with Crippen LogP contribution in [0.2, 0.25) is 0 Å². The molecule has 1 heteroatoms. The van der Waals surface area contributed by atoms with Crippen LogP contribution in [-0.2, 0) is 0 Å². The van der Waals surface area contributed by atoms with Gasteiger partial charge in [-0.1, -0.05) is 26.5 Å². The van der Waals surface area contributed by atoms with Crippen molar-refractivity contribution in [3.8, 4) is 0 Å². The molecule has 0 aliphatic carbocycles. The van der Waals surface area contributed by atoms with Crippen molar-refractivity contribution in [2.75, 3.05) is 0 Å². The summed E-state index contributed by atoms with van der Waals surface area (Å²) < 4.78 is 11.4. The van der Waals surface area contributed by atoms with E-state index in [4.69, 9.17) is 0 Å². The second kappa shape index (κ2) is 9.65. The van der Waals surface area contributed by atoms with Crippen LogP contribution in [0.4, 0.5) is 4.39 Å². The van der Waals surface area contributed by atoms with E-state index in [2.05, 4.69) is 6.58 Å². The predicted molar refractivity (Wildman–Crippen MR) is 36.4 cm³/mol. The van der Waals surface area contributed by atoms with E-state index >= 15 is 0 Å². The Labute approximate surface area is 50.7 Å². The molecule has 0 unspecified atom stereocenters. The summed E-state index contributed by atoms with van der Waals surface area (Å²) in [5, 5.41) is 0. The highest BCUT2D eigenvalue weighted by Crippen LogP contribution is 1.89. The molecule has 48 valence electrons. The van der Waals surface area contributed by atoms with E-state index in [1.165, 1.54) is 6.08 Å². The second-order valence-electron chi connectivity index (χ2n) is 0.947. The molecule has 0 aliphatic heterocycles. The third kappa shape index (κ3) is 18.1. The van der Waals surface area contributed by atoms with Crippen LogP contribution in [0.1, 0.15) is 20.8 Å². The van der Waals surface area contributed by atoms with E-state index in [1.54, 1.807) is 13.0 Å². The van der Waals surface area contributed by atoms with Gasteiger partial charge in [0, 0.05) is 0 Å². The van der Waals surface area contributed by atoms with Crippen LogP contribution in [0, 0.1) is 0 Å². The molecule has 0 aliphatic rings. The molecule has 0 fully saturated rings. The zero-order valence-electron chi connectivity index (χ0n) is 5.74. The van der Waals surface area contributed by atoms with Gasteiger partial charge >= 0.3 is 0 Å². The number of halogens is 1. The Morgan fingerprint density at radius 2 is 1.88 bits per heavy atom. The molecule has 0 aromatic heterocycles. The van der Waals surface area contributed by atoms with Gasteiger partial charge in [-0.05, 0) is 13.0 Å². The Morgan fingerprint density at radius 1 is 1.50 bits per heavy atom. The Balaban J connectivity index is 0. The molecule has 0 spiro atoms. The molecule has 0 aromatic rings. The molecule has 8 heavy (non-hydrogen) atoms. The van der Waals surface area contributed by atoms with E-state index in [1.807, 2.05) is 13.8 Å². The first-order valence-electron chi connectivity index (χ1n) is 2.74. The van der Waals surface area contributed by atoms with Gasteiger partial charge < -0.3 is 0 Å². The zero-order valence-corrected chi connectivity index (χ0v) is 5.74. The fraction of sp³-hybridized carbons (Fsp3) is 0.429. The van der Waals surface area contributed by atoms with Crippen molar-refractivity contribution in [3.05, 3.63) is 24.6 Å². The molecule has 0 bridgehead atoms. The molecular weight excluding hydrogens is 103 g/mol. The van der Waals surface area contributed by atoms with E-state index in [9.17, 15) is 4.39 Å². The highest BCUT2D eigenvalue weighted by Gasteiger charge is 1.69. The highest BCUT2D eigenvalue weighted by atomic mass is 19.1. The molecule has 0 N–H and O–H groups in total. The molecule has 0 rings (SSSR count).